The Morgan fingerprint density at radius 3 is 3.09 bits per heavy atom. The first-order valence-corrected chi connectivity index (χ1v) is 9.10. The number of nitrogens with two attached hydrogens (primary N) is 1. The highest BCUT2D eigenvalue weighted by molar-refractivity contribution is 7.07. The molecule has 2 rings (SSSR count). The van der Waals surface area contributed by atoms with Gasteiger partial charge in [0.25, 0.3) is 0 Å². The number of thiophene rings is 1. The first kappa shape index (κ1) is 17.7. The molecule has 6 nitrogen and oxygen atoms in total. The number of amides is 1. The number of carbonyl (C=O) groups excluding carboxylic acids is 1. The predicted octanol–water partition coefficient (Wildman–Crippen LogP) is 1.00. The molecule has 0 aliphatic carbocycles. The van der Waals surface area contributed by atoms with Crippen molar-refractivity contribution in [2.75, 3.05) is 33.2 Å². The maximum Gasteiger partial charge on any atom is 0.221 e. The first-order chi connectivity index (χ1) is 11.2. The number of nitrogens with one attached hydrogen (secondary N) is 2. The average molecular weight is 337 g/mol. The van der Waals surface area contributed by atoms with Crippen LogP contribution >= 0.6 is 11.3 Å². The number of rotatable bonds is 7. The van der Waals surface area contributed by atoms with E-state index in [9.17, 15) is 4.79 Å². The van der Waals surface area contributed by atoms with E-state index >= 15 is 0 Å². The van der Waals surface area contributed by atoms with Crippen LogP contribution in [0.5, 0.6) is 0 Å². The van der Waals surface area contributed by atoms with Crippen molar-refractivity contribution in [1.82, 2.24) is 15.5 Å². The molecule has 0 radical (unpaired) electrons. The summed E-state index contributed by atoms with van der Waals surface area (Å²) in [5, 5.41) is 10.8. The molecule has 128 valence electrons. The molecule has 1 amide bonds. The standard InChI is InChI=1S/C16H27N5OS/c1-18-16(20-10-13-5-9-23-12-13)19-6-3-8-21-7-2-4-14(11-21)15(17)22/h5,9,12,14H,2-4,6-8,10-11H2,1H3,(H2,17,22)(H2,18,19,20). The Morgan fingerprint density at radius 1 is 1.52 bits per heavy atom. The van der Waals surface area contributed by atoms with E-state index in [4.69, 9.17) is 5.73 Å². The van der Waals surface area contributed by atoms with Gasteiger partial charge in [0.1, 0.15) is 0 Å². The van der Waals surface area contributed by atoms with Gasteiger partial charge >= 0.3 is 0 Å². The van der Waals surface area contributed by atoms with Crippen LogP contribution in [0.3, 0.4) is 0 Å². The Bertz CT molecular complexity index is 503. The molecular formula is C16H27N5OS. The summed E-state index contributed by atoms with van der Waals surface area (Å²) >= 11 is 1.70. The molecule has 0 aromatic carbocycles. The van der Waals surface area contributed by atoms with Crippen LogP contribution in [-0.4, -0.2) is 50.0 Å². The lowest BCUT2D eigenvalue weighted by molar-refractivity contribution is -0.123. The molecule has 1 aromatic heterocycles. The average Bonchev–Trinajstić information content (AvgIpc) is 3.08. The molecule has 2 heterocycles. The fraction of sp³-hybridized carbons (Fsp3) is 0.625. The lowest BCUT2D eigenvalue weighted by Gasteiger charge is -2.31. The number of likely N-dealkylation sites (tertiary alicyclic amines) is 1. The molecule has 1 aliphatic heterocycles. The summed E-state index contributed by atoms with van der Waals surface area (Å²) in [6, 6.07) is 2.11. The second-order valence-corrected chi connectivity index (χ2v) is 6.66. The maximum atomic E-state index is 11.3. The summed E-state index contributed by atoms with van der Waals surface area (Å²) in [7, 11) is 1.78. The minimum Gasteiger partial charge on any atom is -0.369 e. The summed E-state index contributed by atoms with van der Waals surface area (Å²) in [5.74, 6) is 0.687. The SMILES string of the molecule is CN=C(NCCCN1CCCC(C(N)=O)C1)NCc1ccsc1. The van der Waals surface area contributed by atoms with E-state index in [2.05, 4.69) is 37.4 Å². The van der Waals surface area contributed by atoms with Crippen molar-refractivity contribution in [2.45, 2.75) is 25.8 Å². The van der Waals surface area contributed by atoms with Gasteiger partial charge in [-0.15, -0.1) is 0 Å². The Labute approximate surface area is 142 Å². The summed E-state index contributed by atoms with van der Waals surface area (Å²) in [4.78, 5) is 17.9. The van der Waals surface area contributed by atoms with E-state index in [-0.39, 0.29) is 11.8 Å². The molecule has 1 aliphatic rings. The van der Waals surface area contributed by atoms with Gasteiger partial charge in [0, 0.05) is 26.7 Å². The second kappa shape index (κ2) is 9.52. The molecule has 7 heteroatoms. The van der Waals surface area contributed by atoms with Crippen LogP contribution in [0.15, 0.2) is 21.8 Å². The van der Waals surface area contributed by atoms with Gasteiger partial charge in [-0.05, 0) is 54.7 Å². The van der Waals surface area contributed by atoms with E-state index in [1.807, 2.05) is 0 Å². The van der Waals surface area contributed by atoms with Crippen LogP contribution in [0, 0.1) is 5.92 Å². The van der Waals surface area contributed by atoms with E-state index in [1.54, 1.807) is 18.4 Å². The van der Waals surface area contributed by atoms with Crippen molar-refractivity contribution in [1.29, 1.82) is 0 Å². The van der Waals surface area contributed by atoms with E-state index < -0.39 is 0 Å². The highest BCUT2D eigenvalue weighted by Gasteiger charge is 2.23. The number of nitrogens with zero attached hydrogens (tertiary/aromatic N) is 2. The Hall–Kier alpha value is -1.60. The maximum absolute atomic E-state index is 11.3. The molecule has 23 heavy (non-hydrogen) atoms. The van der Waals surface area contributed by atoms with Crippen LogP contribution in [0.4, 0.5) is 0 Å². The minimum atomic E-state index is -0.161. The highest BCUT2D eigenvalue weighted by atomic mass is 32.1. The third kappa shape index (κ3) is 6.19. The van der Waals surface area contributed by atoms with E-state index in [0.29, 0.717) is 0 Å². The highest BCUT2D eigenvalue weighted by Crippen LogP contribution is 2.15. The van der Waals surface area contributed by atoms with Crippen molar-refractivity contribution < 1.29 is 4.79 Å². The lowest BCUT2D eigenvalue weighted by Crippen LogP contribution is -2.42. The van der Waals surface area contributed by atoms with Gasteiger partial charge in [-0.1, -0.05) is 0 Å². The van der Waals surface area contributed by atoms with Crippen molar-refractivity contribution in [3.8, 4) is 0 Å². The van der Waals surface area contributed by atoms with Crippen LogP contribution in [0.2, 0.25) is 0 Å². The molecule has 0 bridgehead atoms. The van der Waals surface area contributed by atoms with Crippen molar-refractivity contribution in [3.05, 3.63) is 22.4 Å². The van der Waals surface area contributed by atoms with Crippen LogP contribution in [0.25, 0.3) is 0 Å². The Balaban J connectivity index is 1.61. The molecule has 1 unspecified atom stereocenters. The van der Waals surface area contributed by atoms with E-state index in [0.717, 1.165) is 57.9 Å². The third-order valence-electron chi connectivity index (χ3n) is 4.12. The Kier molecular flexibility index (Phi) is 7.35. The van der Waals surface area contributed by atoms with Gasteiger partial charge in [0.2, 0.25) is 5.91 Å². The minimum absolute atomic E-state index is 0.0248. The lowest BCUT2D eigenvalue weighted by atomic mass is 9.97. The van der Waals surface area contributed by atoms with Crippen molar-refractivity contribution in [3.63, 3.8) is 0 Å². The molecule has 0 saturated carbocycles. The van der Waals surface area contributed by atoms with Crippen LogP contribution in [-0.2, 0) is 11.3 Å². The number of aliphatic imine (C=N–C) groups is 1. The summed E-state index contributed by atoms with van der Waals surface area (Å²) in [5.41, 5.74) is 6.68. The van der Waals surface area contributed by atoms with Gasteiger partial charge < -0.3 is 21.3 Å². The van der Waals surface area contributed by atoms with Gasteiger partial charge in [0.05, 0.1) is 5.92 Å². The number of carbonyl (C=O) groups is 1. The largest absolute Gasteiger partial charge is 0.369 e. The molecule has 4 N–H and O–H groups in total. The number of hydrogen-bond acceptors (Lipinski definition) is 4. The monoisotopic (exact) mass is 337 g/mol. The van der Waals surface area contributed by atoms with Gasteiger partial charge in [-0.2, -0.15) is 11.3 Å². The fourth-order valence-corrected chi connectivity index (χ4v) is 3.47. The first-order valence-electron chi connectivity index (χ1n) is 8.16. The normalized spacial score (nSPS) is 19.5. The molecule has 1 aromatic rings. The fourth-order valence-electron chi connectivity index (χ4n) is 2.80. The van der Waals surface area contributed by atoms with Crippen molar-refractivity contribution >= 4 is 23.2 Å². The van der Waals surface area contributed by atoms with Crippen LogP contribution in [0.1, 0.15) is 24.8 Å². The van der Waals surface area contributed by atoms with Crippen molar-refractivity contribution in [2.24, 2.45) is 16.6 Å². The van der Waals surface area contributed by atoms with Gasteiger partial charge in [0.15, 0.2) is 5.96 Å². The van der Waals surface area contributed by atoms with Gasteiger partial charge in [-0.25, -0.2) is 0 Å². The molecule has 1 saturated heterocycles. The number of primary amides is 1. The zero-order valence-corrected chi connectivity index (χ0v) is 14.6. The van der Waals surface area contributed by atoms with Crippen LogP contribution < -0.4 is 16.4 Å². The smallest absolute Gasteiger partial charge is 0.221 e. The zero-order valence-electron chi connectivity index (χ0n) is 13.8. The third-order valence-corrected chi connectivity index (χ3v) is 4.85. The second-order valence-electron chi connectivity index (χ2n) is 5.88. The summed E-state index contributed by atoms with van der Waals surface area (Å²) < 4.78 is 0. The summed E-state index contributed by atoms with van der Waals surface area (Å²) in [6.07, 6.45) is 3.01. The van der Waals surface area contributed by atoms with Gasteiger partial charge in [-0.3, -0.25) is 9.79 Å². The number of piperidine rings is 1. The topological polar surface area (TPSA) is 82.8 Å². The molecular weight excluding hydrogens is 310 g/mol. The quantitative estimate of drug-likeness (QED) is 0.394. The Morgan fingerprint density at radius 2 is 2.39 bits per heavy atom. The summed E-state index contributed by atoms with van der Waals surface area (Å²) in [6.45, 7) is 4.50. The molecule has 0 spiro atoms. The molecule has 1 fully saturated rings. The predicted molar refractivity (Wildman–Crippen MR) is 95.5 cm³/mol. The number of hydrogen-bond donors (Lipinski definition) is 3. The number of guanidine groups is 1. The molecule has 1 atom stereocenters. The zero-order chi connectivity index (χ0) is 16.5. The van der Waals surface area contributed by atoms with E-state index in [1.165, 1.54) is 5.56 Å².